The van der Waals surface area contributed by atoms with Gasteiger partial charge in [0.15, 0.2) is 11.5 Å². The summed E-state index contributed by atoms with van der Waals surface area (Å²) in [6.07, 6.45) is 1.45. The smallest absolute Gasteiger partial charge is 0.370 e. The molecule has 1 aromatic carbocycles. The number of H-pyrrole nitrogens is 1. The van der Waals surface area contributed by atoms with Crippen LogP contribution < -0.4 is 15.2 Å². The Kier molecular flexibility index (Phi) is 1.39. The summed E-state index contributed by atoms with van der Waals surface area (Å²) in [6, 6.07) is 3.48. The molecule has 7 nitrogen and oxygen atoms in total. The van der Waals surface area contributed by atoms with Crippen LogP contribution in [-0.2, 0) is 0 Å². The Morgan fingerprint density at radius 3 is 3.00 bits per heavy atom. The SMILES string of the molecule is O=c1nc2cc3c(cc2c2[nH]cnn12)OCO3. The van der Waals surface area contributed by atoms with E-state index >= 15 is 0 Å². The molecule has 0 spiro atoms. The first-order chi connectivity index (χ1) is 8.33. The second-order valence-electron chi connectivity index (χ2n) is 3.67. The van der Waals surface area contributed by atoms with Crippen LogP contribution in [0.15, 0.2) is 23.3 Å². The van der Waals surface area contributed by atoms with Crippen LogP contribution in [-0.4, -0.2) is 26.4 Å². The van der Waals surface area contributed by atoms with Crippen LogP contribution >= 0.6 is 0 Å². The van der Waals surface area contributed by atoms with Crippen LogP contribution in [0.3, 0.4) is 0 Å². The zero-order valence-corrected chi connectivity index (χ0v) is 8.51. The summed E-state index contributed by atoms with van der Waals surface area (Å²) >= 11 is 0. The molecule has 3 aromatic rings. The zero-order valence-electron chi connectivity index (χ0n) is 8.51. The summed E-state index contributed by atoms with van der Waals surface area (Å²) < 4.78 is 11.7. The highest BCUT2D eigenvalue weighted by Crippen LogP contribution is 2.35. The van der Waals surface area contributed by atoms with E-state index in [1.54, 1.807) is 12.1 Å². The lowest BCUT2D eigenvalue weighted by Gasteiger charge is -2.00. The molecule has 1 N–H and O–H groups in total. The molecule has 0 amide bonds. The second-order valence-corrected chi connectivity index (χ2v) is 3.67. The number of ether oxygens (including phenoxy) is 2. The number of fused-ring (bicyclic) bond motifs is 4. The molecule has 7 heteroatoms. The highest BCUT2D eigenvalue weighted by Gasteiger charge is 2.17. The highest BCUT2D eigenvalue weighted by molar-refractivity contribution is 5.93. The Hall–Kier alpha value is -2.57. The lowest BCUT2D eigenvalue weighted by Crippen LogP contribution is -2.17. The van der Waals surface area contributed by atoms with E-state index in [2.05, 4.69) is 15.1 Å². The van der Waals surface area contributed by atoms with Gasteiger partial charge in [0.1, 0.15) is 12.0 Å². The Balaban J connectivity index is 2.26. The van der Waals surface area contributed by atoms with Gasteiger partial charge >= 0.3 is 5.69 Å². The fourth-order valence-corrected chi connectivity index (χ4v) is 1.97. The van der Waals surface area contributed by atoms with E-state index in [0.29, 0.717) is 22.7 Å². The quantitative estimate of drug-likeness (QED) is 0.600. The summed E-state index contributed by atoms with van der Waals surface area (Å²) in [5.74, 6) is 1.25. The molecule has 0 unspecified atom stereocenters. The van der Waals surface area contributed by atoms with Crippen molar-refractivity contribution in [2.24, 2.45) is 0 Å². The molecule has 4 rings (SSSR count). The van der Waals surface area contributed by atoms with Crippen LogP contribution in [0.1, 0.15) is 0 Å². The van der Waals surface area contributed by atoms with Gasteiger partial charge in [-0.2, -0.15) is 14.6 Å². The number of nitrogens with one attached hydrogen (secondary N) is 1. The third-order valence-corrected chi connectivity index (χ3v) is 2.73. The molecular weight excluding hydrogens is 224 g/mol. The number of nitrogens with zero attached hydrogens (tertiary/aromatic N) is 3. The molecule has 1 aliphatic heterocycles. The minimum Gasteiger partial charge on any atom is -0.454 e. The Labute approximate surface area is 93.6 Å². The summed E-state index contributed by atoms with van der Waals surface area (Å²) in [5, 5.41) is 4.65. The topological polar surface area (TPSA) is 81.5 Å². The van der Waals surface area contributed by atoms with Gasteiger partial charge in [-0.25, -0.2) is 4.79 Å². The predicted molar refractivity (Wildman–Crippen MR) is 57.2 cm³/mol. The number of hydrogen-bond acceptors (Lipinski definition) is 5. The first-order valence-electron chi connectivity index (χ1n) is 4.99. The van der Waals surface area contributed by atoms with Crippen molar-refractivity contribution < 1.29 is 9.47 Å². The standard InChI is InChI=1S/C10H6N4O3/c15-10-13-6-2-8-7(16-4-17-8)1-5(6)9-11-3-12-14(9)10/h1-3H,4H2,(H,11,12). The van der Waals surface area contributed by atoms with Gasteiger partial charge < -0.3 is 14.5 Å². The van der Waals surface area contributed by atoms with Crippen molar-refractivity contribution in [1.82, 2.24) is 19.6 Å². The molecule has 17 heavy (non-hydrogen) atoms. The Bertz CT molecular complexity index is 804. The van der Waals surface area contributed by atoms with E-state index in [0.717, 1.165) is 5.39 Å². The molecule has 1 aliphatic rings. The molecule has 0 saturated carbocycles. The summed E-state index contributed by atoms with van der Waals surface area (Å²) in [4.78, 5) is 18.5. The van der Waals surface area contributed by atoms with Crippen LogP contribution in [0.4, 0.5) is 0 Å². The molecule has 0 aliphatic carbocycles. The van der Waals surface area contributed by atoms with Gasteiger partial charge in [-0.3, -0.25) is 0 Å². The third kappa shape index (κ3) is 1.02. The first kappa shape index (κ1) is 8.57. The molecule has 84 valence electrons. The van der Waals surface area contributed by atoms with E-state index in [-0.39, 0.29) is 6.79 Å². The fourth-order valence-electron chi connectivity index (χ4n) is 1.97. The predicted octanol–water partition coefficient (Wildman–Crippen LogP) is 0.299. The maximum atomic E-state index is 11.7. The van der Waals surface area contributed by atoms with E-state index in [4.69, 9.17) is 9.47 Å². The molecule has 0 atom stereocenters. The summed E-state index contributed by atoms with van der Waals surface area (Å²) in [7, 11) is 0. The van der Waals surface area contributed by atoms with Crippen LogP contribution in [0.5, 0.6) is 11.5 Å². The van der Waals surface area contributed by atoms with Crippen LogP contribution in [0, 0.1) is 0 Å². The van der Waals surface area contributed by atoms with Crippen molar-refractivity contribution in [2.75, 3.05) is 6.79 Å². The maximum Gasteiger partial charge on any atom is 0.370 e. The molecule has 0 bridgehead atoms. The summed E-state index contributed by atoms with van der Waals surface area (Å²) in [6.45, 7) is 0.190. The summed E-state index contributed by atoms with van der Waals surface area (Å²) in [5.41, 5.74) is 0.731. The third-order valence-electron chi connectivity index (χ3n) is 2.73. The van der Waals surface area contributed by atoms with Crippen molar-refractivity contribution >= 4 is 16.6 Å². The van der Waals surface area contributed by atoms with Gasteiger partial charge in [0.2, 0.25) is 6.79 Å². The minimum atomic E-state index is -0.424. The minimum absolute atomic E-state index is 0.190. The van der Waals surface area contributed by atoms with E-state index < -0.39 is 5.69 Å². The van der Waals surface area contributed by atoms with Gasteiger partial charge in [0.05, 0.1) is 5.52 Å². The van der Waals surface area contributed by atoms with E-state index in [9.17, 15) is 4.79 Å². The van der Waals surface area contributed by atoms with Gasteiger partial charge in [0, 0.05) is 11.5 Å². The van der Waals surface area contributed by atoms with Gasteiger partial charge in [-0.1, -0.05) is 0 Å². The Morgan fingerprint density at radius 1 is 1.29 bits per heavy atom. The number of rotatable bonds is 0. The Morgan fingerprint density at radius 2 is 2.12 bits per heavy atom. The zero-order chi connectivity index (χ0) is 11.4. The molecule has 0 radical (unpaired) electrons. The molecule has 3 heterocycles. The van der Waals surface area contributed by atoms with Gasteiger partial charge in [0.25, 0.3) is 0 Å². The van der Waals surface area contributed by atoms with Crippen LogP contribution in [0.2, 0.25) is 0 Å². The van der Waals surface area contributed by atoms with E-state index in [1.807, 2.05) is 0 Å². The van der Waals surface area contributed by atoms with Crippen molar-refractivity contribution in [3.05, 3.63) is 28.9 Å². The molecular formula is C10H6N4O3. The largest absolute Gasteiger partial charge is 0.454 e. The van der Waals surface area contributed by atoms with Gasteiger partial charge in [-0.05, 0) is 6.07 Å². The second kappa shape index (κ2) is 2.76. The van der Waals surface area contributed by atoms with Crippen molar-refractivity contribution in [1.29, 1.82) is 0 Å². The molecule has 0 saturated heterocycles. The van der Waals surface area contributed by atoms with Crippen LogP contribution in [0.25, 0.3) is 16.6 Å². The van der Waals surface area contributed by atoms with E-state index in [1.165, 1.54) is 10.8 Å². The van der Waals surface area contributed by atoms with Gasteiger partial charge in [-0.15, -0.1) is 0 Å². The lowest BCUT2D eigenvalue weighted by molar-refractivity contribution is 0.174. The van der Waals surface area contributed by atoms with Crippen molar-refractivity contribution in [2.45, 2.75) is 0 Å². The number of benzene rings is 1. The number of aromatic nitrogens is 4. The van der Waals surface area contributed by atoms with Crippen molar-refractivity contribution in [3.63, 3.8) is 0 Å². The number of aromatic amines is 1. The van der Waals surface area contributed by atoms with Crippen molar-refractivity contribution in [3.8, 4) is 11.5 Å². The normalized spacial score (nSPS) is 13.6. The lowest BCUT2D eigenvalue weighted by atomic mass is 10.2. The molecule has 2 aromatic heterocycles. The maximum absolute atomic E-state index is 11.7. The average molecular weight is 230 g/mol. The molecule has 0 fully saturated rings. The first-order valence-corrected chi connectivity index (χ1v) is 4.99. The highest BCUT2D eigenvalue weighted by atomic mass is 16.7. The average Bonchev–Trinajstić information content (AvgIpc) is 2.95. The number of hydrogen-bond donors (Lipinski definition) is 1. The fraction of sp³-hybridized carbons (Fsp3) is 0.100. The monoisotopic (exact) mass is 230 g/mol.